The smallest absolute Gasteiger partial charge is 0.219 e. The molecule has 1 aromatic carbocycles. The van der Waals surface area contributed by atoms with Gasteiger partial charge in [-0.1, -0.05) is 32.9 Å². The minimum atomic E-state index is 0.0898. The fourth-order valence-electron chi connectivity index (χ4n) is 2.10. The van der Waals surface area contributed by atoms with E-state index in [0.29, 0.717) is 18.5 Å². The van der Waals surface area contributed by atoms with Crippen molar-refractivity contribution in [3.63, 3.8) is 0 Å². The summed E-state index contributed by atoms with van der Waals surface area (Å²) < 4.78 is 0. The van der Waals surface area contributed by atoms with E-state index < -0.39 is 0 Å². The van der Waals surface area contributed by atoms with Gasteiger partial charge in [0.15, 0.2) is 0 Å². The van der Waals surface area contributed by atoms with Crippen molar-refractivity contribution in [3.8, 4) is 0 Å². The minimum Gasteiger partial charge on any atom is -0.382 e. The molecule has 19 heavy (non-hydrogen) atoms. The molecule has 0 aliphatic carbocycles. The van der Waals surface area contributed by atoms with Crippen LogP contribution in [0.3, 0.4) is 0 Å². The second kappa shape index (κ2) is 7.17. The zero-order valence-corrected chi connectivity index (χ0v) is 12.7. The van der Waals surface area contributed by atoms with Gasteiger partial charge in [-0.15, -0.1) is 0 Å². The van der Waals surface area contributed by atoms with Crippen LogP contribution in [0.15, 0.2) is 24.3 Å². The number of hydrogen-bond acceptors (Lipinski definition) is 2. The van der Waals surface area contributed by atoms with E-state index in [-0.39, 0.29) is 5.91 Å². The zero-order valence-electron chi connectivity index (χ0n) is 12.7. The van der Waals surface area contributed by atoms with E-state index in [4.69, 9.17) is 0 Å². The van der Waals surface area contributed by atoms with Gasteiger partial charge < -0.3 is 10.2 Å². The Hall–Kier alpha value is -1.51. The molecular formula is C16H26N2O. The Kier molecular flexibility index (Phi) is 5.87. The predicted octanol–water partition coefficient (Wildman–Crippen LogP) is 3.51. The van der Waals surface area contributed by atoms with Crippen LogP contribution < -0.4 is 5.32 Å². The van der Waals surface area contributed by atoms with Crippen LogP contribution in [0.1, 0.15) is 39.7 Å². The lowest BCUT2D eigenvalue weighted by Crippen LogP contribution is -2.25. The topological polar surface area (TPSA) is 32.3 Å². The third-order valence-corrected chi connectivity index (χ3v) is 3.48. The lowest BCUT2D eigenvalue weighted by Gasteiger charge is -2.23. The van der Waals surface area contributed by atoms with Crippen LogP contribution in [0.5, 0.6) is 0 Å². The summed E-state index contributed by atoms with van der Waals surface area (Å²) in [6, 6.07) is 8.80. The molecule has 0 aliphatic heterocycles. The molecule has 0 fully saturated rings. The van der Waals surface area contributed by atoms with E-state index >= 15 is 0 Å². The fraction of sp³-hybridized carbons (Fsp3) is 0.562. The molecule has 1 N–H and O–H groups in total. The number of rotatable bonds is 6. The molecule has 3 nitrogen and oxygen atoms in total. The number of hydrogen-bond donors (Lipinski definition) is 1. The largest absolute Gasteiger partial charge is 0.382 e. The van der Waals surface area contributed by atoms with Crippen LogP contribution in [0.25, 0.3) is 0 Å². The van der Waals surface area contributed by atoms with E-state index in [1.807, 2.05) is 13.1 Å². The minimum absolute atomic E-state index is 0.0898. The van der Waals surface area contributed by atoms with E-state index in [2.05, 4.69) is 44.3 Å². The molecule has 0 aliphatic rings. The molecule has 0 saturated heterocycles. The van der Waals surface area contributed by atoms with E-state index in [1.54, 1.807) is 11.8 Å². The molecule has 106 valence electrons. The van der Waals surface area contributed by atoms with Crippen molar-refractivity contribution in [3.05, 3.63) is 29.8 Å². The molecule has 0 heterocycles. The van der Waals surface area contributed by atoms with E-state index in [0.717, 1.165) is 17.7 Å². The van der Waals surface area contributed by atoms with Crippen molar-refractivity contribution in [2.75, 3.05) is 12.4 Å². The molecule has 3 heteroatoms. The highest BCUT2D eigenvalue weighted by Gasteiger charge is 2.11. The van der Waals surface area contributed by atoms with Crippen LogP contribution >= 0.6 is 0 Å². The molecule has 0 saturated carbocycles. The van der Waals surface area contributed by atoms with E-state index in [9.17, 15) is 4.79 Å². The molecule has 0 radical (unpaired) electrons. The molecule has 0 aromatic heterocycles. The van der Waals surface area contributed by atoms with Crippen molar-refractivity contribution >= 4 is 11.6 Å². The maximum atomic E-state index is 11.3. The van der Waals surface area contributed by atoms with Gasteiger partial charge in [0.05, 0.1) is 0 Å². The molecule has 1 aromatic rings. The number of amides is 1. The van der Waals surface area contributed by atoms with Crippen LogP contribution in [0.4, 0.5) is 5.69 Å². The fourth-order valence-corrected chi connectivity index (χ4v) is 2.10. The average Bonchev–Trinajstić information content (AvgIpc) is 2.35. The Morgan fingerprint density at radius 3 is 2.58 bits per heavy atom. The third kappa shape index (κ3) is 4.93. The molecule has 0 bridgehead atoms. The number of anilines is 1. The summed E-state index contributed by atoms with van der Waals surface area (Å²) in [5.74, 6) is 0.695. The molecular weight excluding hydrogens is 236 g/mol. The Morgan fingerprint density at radius 2 is 2.05 bits per heavy atom. The molecule has 1 amide bonds. The number of carbonyl (C=O) groups excluding carboxylic acids is 1. The first-order valence-electron chi connectivity index (χ1n) is 7.01. The Labute approximate surface area is 117 Å². The third-order valence-electron chi connectivity index (χ3n) is 3.48. The first-order chi connectivity index (χ1) is 8.93. The summed E-state index contributed by atoms with van der Waals surface area (Å²) >= 11 is 0. The summed E-state index contributed by atoms with van der Waals surface area (Å²) in [5.41, 5.74) is 2.29. The standard InChI is InChI=1S/C16H26N2O/c1-6-16(12(2)3)17-15-9-7-8-14(10-15)11-18(5)13(4)19/h7-10,12,16-17H,6,11H2,1-5H3. The van der Waals surface area contributed by atoms with Gasteiger partial charge in [-0.2, -0.15) is 0 Å². The summed E-state index contributed by atoms with van der Waals surface area (Å²) in [4.78, 5) is 13.0. The average molecular weight is 262 g/mol. The van der Waals surface area contributed by atoms with Crippen LogP contribution in [0, 0.1) is 5.92 Å². The van der Waals surface area contributed by atoms with Gasteiger partial charge in [0.25, 0.3) is 0 Å². The quantitative estimate of drug-likeness (QED) is 0.851. The van der Waals surface area contributed by atoms with Crippen molar-refractivity contribution in [1.29, 1.82) is 0 Å². The first-order valence-corrected chi connectivity index (χ1v) is 7.01. The highest BCUT2D eigenvalue weighted by Crippen LogP contribution is 2.17. The van der Waals surface area contributed by atoms with Crippen molar-refractivity contribution < 1.29 is 4.79 Å². The number of nitrogens with one attached hydrogen (secondary N) is 1. The van der Waals surface area contributed by atoms with Gasteiger partial charge in [0.1, 0.15) is 0 Å². The Bertz CT molecular complexity index is 415. The summed E-state index contributed by atoms with van der Waals surface area (Å²) in [5, 5.41) is 3.57. The van der Waals surface area contributed by atoms with Gasteiger partial charge in [-0.05, 0) is 30.0 Å². The number of carbonyl (C=O) groups is 1. The van der Waals surface area contributed by atoms with Crippen LogP contribution in [-0.4, -0.2) is 23.9 Å². The summed E-state index contributed by atoms with van der Waals surface area (Å²) in [6.07, 6.45) is 1.11. The SMILES string of the molecule is CCC(Nc1cccc(CN(C)C(C)=O)c1)C(C)C. The maximum Gasteiger partial charge on any atom is 0.219 e. The summed E-state index contributed by atoms with van der Waals surface area (Å²) in [7, 11) is 1.82. The van der Waals surface area contributed by atoms with Gasteiger partial charge >= 0.3 is 0 Å². The summed E-state index contributed by atoms with van der Waals surface area (Å²) in [6.45, 7) is 8.91. The van der Waals surface area contributed by atoms with Gasteiger partial charge in [0.2, 0.25) is 5.91 Å². The van der Waals surface area contributed by atoms with Gasteiger partial charge in [0, 0.05) is 32.2 Å². The first kappa shape index (κ1) is 15.5. The van der Waals surface area contributed by atoms with Gasteiger partial charge in [-0.3, -0.25) is 4.79 Å². The second-order valence-corrected chi connectivity index (χ2v) is 5.48. The molecule has 1 rings (SSSR count). The molecule has 1 unspecified atom stereocenters. The van der Waals surface area contributed by atoms with Crippen molar-refractivity contribution in [2.24, 2.45) is 5.92 Å². The van der Waals surface area contributed by atoms with Gasteiger partial charge in [-0.25, -0.2) is 0 Å². The van der Waals surface area contributed by atoms with Crippen molar-refractivity contribution in [2.45, 2.75) is 46.7 Å². The zero-order chi connectivity index (χ0) is 14.4. The lowest BCUT2D eigenvalue weighted by atomic mass is 10.0. The highest BCUT2D eigenvalue weighted by atomic mass is 16.2. The number of nitrogens with zero attached hydrogens (tertiary/aromatic N) is 1. The Balaban J connectivity index is 2.74. The molecule has 1 atom stereocenters. The van der Waals surface area contributed by atoms with Crippen LogP contribution in [0.2, 0.25) is 0 Å². The van der Waals surface area contributed by atoms with Crippen LogP contribution in [-0.2, 0) is 11.3 Å². The lowest BCUT2D eigenvalue weighted by molar-refractivity contribution is -0.128. The second-order valence-electron chi connectivity index (χ2n) is 5.48. The van der Waals surface area contributed by atoms with Crippen molar-refractivity contribution in [1.82, 2.24) is 4.90 Å². The highest BCUT2D eigenvalue weighted by molar-refractivity contribution is 5.72. The van der Waals surface area contributed by atoms with E-state index in [1.165, 1.54) is 0 Å². The monoisotopic (exact) mass is 262 g/mol. The normalized spacial score (nSPS) is 12.3. The Morgan fingerprint density at radius 1 is 1.37 bits per heavy atom. The maximum absolute atomic E-state index is 11.3. The number of benzene rings is 1. The predicted molar refractivity (Wildman–Crippen MR) is 81.1 cm³/mol. The molecule has 0 spiro atoms.